The van der Waals surface area contributed by atoms with Crippen molar-refractivity contribution in [2.24, 2.45) is 0 Å². The molecule has 0 radical (unpaired) electrons. The number of nitrogens with zero attached hydrogens (tertiary/aromatic N) is 1. The van der Waals surface area contributed by atoms with Crippen LogP contribution in [0.4, 0.5) is 0 Å². The van der Waals surface area contributed by atoms with E-state index in [-0.39, 0.29) is 11.5 Å². The first-order valence-corrected chi connectivity index (χ1v) is 4.53. The summed E-state index contributed by atoms with van der Waals surface area (Å²) >= 11 is 5.03. The molecule has 0 spiro atoms. The summed E-state index contributed by atoms with van der Waals surface area (Å²) in [6.07, 6.45) is 0. The zero-order valence-electron chi connectivity index (χ0n) is 8.76. The SMILES string of the molecule is C=C(CCl)C(=O)[O-].CC[N+](C)(C)C. The van der Waals surface area contributed by atoms with Crippen LogP contribution in [0.25, 0.3) is 0 Å². The number of carboxylic acids is 1. The van der Waals surface area contributed by atoms with Crippen molar-refractivity contribution in [3.05, 3.63) is 12.2 Å². The fraction of sp³-hybridized carbons (Fsp3) is 0.667. The van der Waals surface area contributed by atoms with Crippen molar-refractivity contribution in [1.29, 1.82) is 0 Å². The van der Waals surface area contributed by atoms with Gasteiger partial charge in [0.15, 0.2) is 0 Å². The Morgan fingerprint density at radius 1 is 1.46 bits per heavy atom. The third-order valence-corrected chi connectivity index (χ3v) is 1.72. The van der Waals surface area contributed by atoms with E-state index in [4.69, 9.17) is 11.6 Å². The Hall–Kier alpha value is -0.540. The zero-order valence-corrected chi connectivity index (χ0v) is 9.52. The van der Waals surface area contributed by atoms with Gasteiger partial charge in [0.1, 0.15) is 0 Å². The van der Waals surface area contributed by atoms with Crippen LogP contribution in [0.3, 0.4) is 0 Å². The molecule has 0 atom stereocenters. The van der Waals surface area contributed by atoms with Crippen LogP contribution in [0, 0.1) is 0 Å². The fourth-order valence-electron chi connectivity index (χ4n) is 0.0546. The molecule has 0 aromatic rings. The molecule has 0 aliphatic rings. The number of hydrogen-bond acceptors (Lipinski definition) is 2. The highest BCUT2D eigenvalue weighted by molar-refractivity contribution is 6.21. The van der Waals surface area contributed by atoms with Crippen molar-refractivity contribution in [3.63, 3.8) is 0 Å². The molecule has 78 valence electrons. The minimum Gasteiger partial charge on any atom is -0.545 e. The highest BCUT2D eigenvalue weighted by atomic mass is 35.5. The predicted molar refractivity (Wildman–Crippen MR) is 53.4 cm³/mol. The van der Waals surface area contributed by atoms with Gasteiger partial charge in [0.25, 0.3) is 0 Å². The first-order chi connectivity index (χ1) is 5.74. The van der Waals surface area contributed by atoms with Crippen molar-refractivity contribution in [1.82, 2.24) is 0 Å². The van der Waals surface area contributed by atoms with Crippen molar-refractivity contribution >= 4 is 17.6 Å². The van der Waals surface area contributed by atoms with Gasteiger partial charge >= 0.3 is 0 Å². The molecule has 0 saturated heterocycles. The number of carbonyl (C=O) groups is 1. The molecule has 0 aromatic heterocycles. The maximum absolute atomic E-state index is 9.64. The van der Waals surface area contributed by atoms with Crippen molar-refractivity contribution in [2.75, 3.05) is 33.6 Å². The Bertz CT molecular complexity index is 173. The van der Waals surface area contributed by atoms with E-state index >= 15 is 0 Å². The second kappa shape index (κ2) is 6.92. The van der Waals surface area contributed by atoms with Gasteiger partial charge in [0.2, 0.25) is 0 Å². The average molecular weight is 208 g/mol. The van der Waals surface area contributed by atoms with Gasteiger partial charge in [0.05, 0.1) is 33.7 Å². The minimum absolute atomic E-state index is 0.0671. The predicted octanol–water partition coefficient (Wildman–Crippen LogP) is 0.244. The van der Waals surface area contributed by atoms with Crippen LogP contribution in [0.2, 0.25) is 0 Å². The lowest BCUT2D eigenvalue weighted by molar-refractivity contribution is -0.868. The van der Waals surface area contributed by atoms with Crippen molar-refractivity contribution in [3.8, 4) is 0 Å². The summed E-state index contributed by atoms with van der Waals surface area (Å²) < 4.78 is 1.07. The van der Waals surface area contributed by atoms with E-state index in [0.717, 1.165) is 4.48 Å². The molecule has 0 saturated carbocycles. The van der Waals surface area contributed by atoms with E-state index in [0.29, 0.717) is 0 Å². The van der Waals surface area contributed by atoms with Gasteiger partial charge < -0.3 is 14.4 Å². The van der Waals surface area contributed by atoms with Crippen LogP contribution < -0.4 is 5.11 Å². The summed E-state index contributed by atoms with van der Waals surface area (Å²) in [5, 5.41) is 9.64. The molecule has 4 heteroatoms. The van der Waals surface area contributed by atoms with Crippen LogP contribution in [-0.2, 0) is 4.79 Å². The highest BCUT2D eigenvalue weighted by Crippen LogP contribution is 1.88. The molecule has 0 aliphatic heterocycles. The molecule has 13 heavy (non-hydrogen) atoms. The molecule has 0 aromatic carbocycles. The molecule has 0 rings (SSSR count). The van der Waals surface area contributed by atoms with Gasteiger partial charge in [-0.05, 0) is 12.5 Å². The number of aliphatic carboxylic acids is 1. The number of quaternary nitrogens is 1. The molecule has 0 bridgehead atoms. The summed E-state index contributed by atoms with van der Waals surface area (Å²) in [5.74, 6) is -1.35. The summed E-state index contributed by atoms with van der Waals surface area (Å²) in [7, 11) is 6.54. The highest BCUT2D eigenvalue weighted by Gasteiger charge is 1.97. The third-order valence-electron chi connectivity index (χ3n) is 1.40. The first-order valence-electron chi connectivity index (χ1n) is 4.00. The average Bonchev–Trinajstić information content (AvgIpc) is 2.02. The monoisotopic (exact) mass is 207 g/mol. The molecule has 0 N–H and O–H groups in total. The van der Waals surface area contributed by atoms with Crippen LogP contribution in [0.1, 0.15) is 6.92 Å². The van der Waals surface area contributed by atoms with E-state index in [1.54, 1.807) is 0 Å². The Kier molecular flexibility index (Phi) is 7.96. The Balaban J connectivity index is 0. The Morgan fingerprint density at radius 3 is 1.77 bits per heavy atom. The summed E-state index contributed by atoms with van der Waals surface area (Å²) in [6, 6.07) is 0. The molecular weight excluding hydrogens is 190 g/mol. The van der Waals surface area contributed by atoms with Crippen LogP contribution >= 0.6 is 11.6 Å². The normalized spacial score (nSPS) is 9.92. The van der Waals surface area contributed by atoms with E-state index in [1.165, 1.54) is 6.54 Å². The Labute approximate surface area is 85.2 Å². The maximum Gasteiger partial charge on any atom is 0.0751 e. The Morgan fingerprint density at radius 2 is 1.77 bits per heavy atom. The number of carbonyl (C=O) groups excluding carboxylic acids is 1. The van der Waals surface area contributed by atoms with Gasteiger partial charge in [0, 0.05) is 5.88 Å². The van der Waals surface area contributed by atoms with Gasteiger partial charge in [-0.15, -0.1) is 11.6 Å². The van der Waals surface area contributed by atoms with Crippen molar-refractivity contribution < 1.29 is 14.4 Å². The molecule has 0 heterocycles. The first kappa shape index (κ1) is 15.0. The quantitative estimate of drug-likeness (QED) is 0.378. The van der Waals surface area contributed by atoms with E-state index in [9.17, 15) is 9.90 Å². The summed E-state index contributed by atoms with van der Waals surface area (Å²) in [6.45, 7) is 6.47. The molecule has 0 unspecified atom stereocenters. The number of rotatable bonds is 3. The molecule has 0 aliphatic carbocycles. The van der Waals surface area contributed by atoms with Crippen LogP contribution in [0.15, 0.2) is 12.2 Å². The number of halogens is 1. The topological polar surface area (TPSA) is 40.1 Å². The number of alkyl halides is 1. The third kappa shape index (κ3) is 14.3. The molecular formula is C9H18ClNO2. The number of carboxylic acid groups (broad SMARTS) is 1. The second-order valence-electron chi connectivity index (χ2n) is 3.63. The molecule has 0 amide bonds. The van der Waals surface area contributed by atoms with Gasteiger partial charge in [-0.3, -0.25) is 0 Å². The van der Waals surface area contributed by atoms with Crippen molar-refractivity contribution in [2.45, 2.75) is 6.92 Å². The lowest BCUT2D eigenvalue weighted by atomic mass is 10.4. The smallest absolute Gasteiger partial charge is 0.0751 e. The summed E-state index contributed by atoms with van der Waals surface area (Å²) in [5.41, 5.74) is -0.0818. The second-order valence-corrected chi connectivity index (χ2v) is 3.90. The van der Waals surface area contributed by atoms with E-state index in [1.807, 2.05) is 0 Å². The lowest BCUT2D eigenvalue weighted by Crippen LogP contribution is -2.33. The largest absolute Gasteiger partial charge is 0.545 e. The summed E-state index contributed by atoms with van der Waals surface area (Å²) in [4.78, 5) is 9.64. The standard InChI is InChI=1S/C5H14N.C4H5ClO2/c1-5-6(2,3)4;1-3(2-5)4(6)7/h5H2,1-4H3;1-2H2,(H,6,7)/q+1;/p-1. The fourth-order valence-corrected chi connectivity index (χ4v) is 0.164. The maximum atomic E-state index is 9.64. The van der Waals surface area contributed by atoms with Crippen LogP contribution in [0.5, 0.6) is 0 Å². The van der Waals surface area contributed by atoms with Gasteiger partial charge in [-0.25, -0.2) is 0 Å². The van der Waals surface area contributed by atoms with Gasteiger partial charge in [-0.1, -0.05) is 6.58 Å². The molecule has 0 fully saturated rings. The molecule has 3 nitrogen and oxygen atoms in total. The number of hydrogen-bond donors (Lipinski definition) is 0. The van der Waals surface area contributed by atoms with Crippen LogP contribution in [-0.4, -0.2) is 44.0 Å². The van der Waals surface area contributed by atoms with E-state index < -0.39 is 5.97 Å². The van der Waals surface area contributed by atoms with E-state index in [2.05, 4.69) is 34.6 Å². The zero-order chi connectivity index (χ0) is 11.1. The van der Waals surface area contributed by atoms with Gasteiger partial charge in [-0.2, -0.15) is 0 Å². The minimum atomic E-state index is -1.28. The lowest BCUT2D eigenvalue weighted by Gasteiger charge is -2.20.